The first kappa shape index (κ1) is 26.4. The maximum atomic E-state index is 13.2. The molecule has 0 bridgehead atoms. The van der Waals surface area contributed by atoms with Gasteiger partial charge in [-0.2, -0.15) is 23.1 Å². The van der Waals surface area contributed by atoms with E-state index in [-0.39, 0.29) is 35.7 Å². The summed E-state index contributed by atoms with van der Waals surface area (Å²) in [7, 11) is 0. The van der Waals surface area contributed by atoms with Crippen LogP contribution in [0.5, 0.6) is 0 Å². The molecule has 1 amide bonds. The molecule has 9 nitrogen and oxygen atoms in total. The van der Waals surface area contributed by atoms with Gasteiger partial charge in [-0.15, -0.1) is 0 Å². The molecule has 0 aromatic carbocycles. The summed E-state index contributed by atoms with van der Waals surface area (Å²) in [6.07, 6.45) is -5.77. The highest BCUT2D eigenvalue weighted by Crippen LogP contribution is 2.38. The standard InChI is InChI=1S/C21H30ClF3N6O3/c1-5-8-30(18(34)21(23,24)25)11-9-12(15(33)14(11)32)31-10-27-13-16(26-7-6-20(2,3)4)28-19(22)29-17(13)31/h10-12,14-15,32-33H,5-9H2,1-4H3,(H,26,28,29)/t11-,12+,14+,15-/m0/s1. The average Bonchev–Trinajstić information content (AvgIpc) is 3.25. The number of aliphatic hydroxyl groups is 2. The summed E-state index contributed by atoms with van der Waals surface area (Å²) in [5.41, 5.74) is 0.721. The summed E-state index contributed by atoms with van der Waals surface area (Å²) >= 11 is 6.11. The van der Waals surface area contributed by atoms with Gasteiger partial charge in [-0.3, -0.25) is 4.79 Å². The summed E-state index contributed by atoms with van der Waals surface area (Å²) in [5, 5.41) is 24.4. The van der Waals surface area contributed by atoms with Crippen LogP contribution < -0.4 is 5.32 Å². The second kappa shape index (κ2) is 9.82. The molecule has 2 aromatic rings. The van der Waals surface area contributed by atoms with Gasteiger partial charge in [0, 0.05) is 13.1 Å². The van der Waals surface area contributed by atoms with E-state index >= 15 is 0 Å². The largest absolute Gasteiger partial charge is 0.471 e. The lowest BCUT2D eigenvalue weighted by Gasteiger charge is -2.31. The second-order valence-electron chi connectivity index (χ2n) is 9.75. The predicted molar refractivity (Wildman–Crippen MR) is 120 cm³/mol. The third-order valence-corrected chi connectivity index (χ3v) is 6.08. The van der Waals surface area contributed by atoms with E-state index in [1.54, 1.807) is 6.92 Å². The molecule has 0 spiro atoms. The van der Waals surface area contributed by atoms with Gasteiger partial charge in [0.2, 0.25) is 5.28 Å². The zero-order valence-electron chi connectivity index (χ0n) is 19.5. The lowest BCUT2D eigenvalue weighted by atomic mass is 9.92. The van der Waals surface area contributed by atoms with Crippen LogP contribution in [0.4, 0.5) is 19.0 Å². The Morgan fingerprint density at radius 3 is 2.53 bits per heavy atom. The van der Waals surface area contributed by atoms with Crippen molar-refractivity contribution in [2.24, 2.45) is 5.41 Å². The molecule has 2 heterocycles. The molecule has 0 aliphatic heterocycles. The summed E-state index contributed by atoms with van der Waals surface area (Å²) in [6.45, 7) is 8.31. The van der Waals surface area contributed by atoms with Gasteiger partial charge in [0.1, 0.15) is 12.2 Å². The summed E-state index contributed by atoms with van der Waals surface area (Å²) < 4.78 is 40.9. The van der Waals surface area contributed by atoms with Crippen molar-refractivity contribution in [3.63, 3.8) is 0 Å². The monoisotopic (exact) mass is 506 g/mol. The van der Waals surface area contributed by atoms with Gasteiger partial charge in [0.15, 0.2) is 17.0 Å². The fraction of sp³-hybridized carbons (Fsp3) is 0.714. The number of rotatable bonds is 7. The normalized spacial score (nSPS) is 23.5. The minimum absolute atomic E-state index is 0.0723. The van der Waals surface area contributed by atoms with Crippen molar-refractivity contribution < 1.29 is 28.2 Å². The number of carbonyl (C=O) groups excluding carboxylic acids is 1. The summed E-state index contributed by atoms with van der Waals surface area (Å²) in [6, 6.07) is -2.10. The highest BCUT2D eigenvalue weighted by molar-refractivity contribution is 6.28. The Balaban J connectivity index is 1.91. The number of anilines is 1. The molecule has 1 fully saturated rings. The van der Waals surface area contributed by atoms with Gasteiger partial charge < -0.3 is 25.0 Å². The van der Waals surface area contributed by atoms with Crippen molar-refractivity contribution in [3.05, 3.63) is 11.6 Å². The van der Waals surface area contributed by atoms with Crippen LogP contribution in [0.15, 0.2) is 6.33 Å². The van der Waals surface area contributed by atoms with Gasteiger partial charge in [0.25, 0.3) is 0 Å². The topological polar surface area (TPSA) is 116 Å². The molecule has 2 aromatic heterocycles. The van der Waals surface area contributed by atoms with Gasteiger partial charge in [-0.1, -0.05) is 27.7 Å². The Bertz CT molecular complexity index is 1030. The minimum atomic E-state index is -5.09. The first-order valence-corrected chi connectivity index (χ1v) is 11.5. The number of fused-ring (bicyclic) bond motifs is 1. The number of aliphatic hydroxyl groups excluding tert-OH is 2. The molecule has 4 atom stereocenters. The van der Waals surface area contributed by atoms with E-state index in [1.807, 2.05) is 0 Å². The van der Waals surface area contributed by atoms with E-state index in [4.69, 9.17) is 11.6 Å². The summed E-state index contributed by atoms with van der Waals surface area (Å²) in [5.74, 6) is -1.65. The molecule has 3 rings (SSSR count). The van der Waals surface area contributed by atoms with E-state index in [0.717, 1.165) is 6.42 Å². The van der Waals surface area contributed by atoms with E-state index in [2.05, 4.69) is 41.0 Å². The van der Waals surface area contributed by atoms with Crippen molar-refractivity contribution in [3.8, 4) is 0 Å². The first-order chi connectivity index (χ1) is 15.7. The van der Waals surface area contributed by atoms with E-state index in [1.165, 1.54) is 10.9 Å². The van der Waals surface area contributed by atoms with Crippen molar-refractivity contribution in [1.29, 1.82) is 0 Å². The van der Waals surface area contributed by atoms with Crippen LogP contribution >= 0.6 is 11.6 Å². The molecule has 1 saturated carbocycles. The second-order valence-corrected chi connectivity index (χ2v) is 10.1. The number of hydrogen-bond donors (Lipinski definition) is 3. The number of amides is 1. The molecule has 13 heteroatoms. The maximum absolute atomic E-state index is 13.2. The average molecular weight is 507 g/mol. The van der Waals surface area contributed by atoms with Crippen molar-refractivity contribution in [2.75, 3.05) is 18.4 Å². The molecule has 0 unspecified atom stereocenters. The number of nitrogens with one attached hydrogen (secondary N) is 1. The molecule has 0 radical (unpaired) electrons. The Hall–Kier alpha value is -2.18. The van der Waals surface area contributed by atoms with Gasteiger partial charge in [-0.25, -0.2) is 4.98 Å². The Morgan fingerprint density at radius 1 is 1.26 bits per heavy atom. The number of alkyl halides is 3. The first-order valence-electron chi connectivity index (χ1n) is 11.1. The van der Waals surface area contributed by atoms with E-state index < -0.39 is 36.4 Å². The number of hydrogen-bond acceptors (Lipinski definition) is 7. The zero-order valence-corrected chi connectivity index (χ0v) is 20.2. The van der Waals surface area contributed by atoms with Gasteiger partial charge in [-0.05, 0) is 36.3 Å². The molecule has 1 aliphatic carbocycles. The number of nitrogens with zero attached hydrogens (tertiary/aromatic N) is 5. The lowest BCUT2D eigenvalue weighted by Crippen LogP contribution is -2.51. The zero-order chi connectivity index (χ0) is 25.4. The SMILES string of the molecule is CCCN(C(=O)C(F)(F)F)[C@H]1C[C@@H](n2cnc3c(NCCC(C)(C)C)nc(Cl)nc32)[C@H](O)[C@@H]1O. The summed E-state index contributed by atoms with van der Waals surface area (Å²) in [4.78, 5) is 25.3. The minimum Gasteiger partial charge on any atom is -0.388 e. The predicted octanol–water partition coefficient (Wildman–Crippen LogP) is 3.16. The number of aromatic nitrogens is 4. The molecular weight excluding hydrogens is 477 g/mol. The van der Waals surface area contributed by atoms with Gasteiger partial charge in [0.05, 0.1) is 18.4 Å². The van der Waals surface area contributed by atoms with Crippen LogP contribution in [0, 0.1) is 5.41 Å². The third-order valence-electron chi connectivity index (χ3n) is 5.91. The highest BCUT2D eigenvalue weighted by Gasteiger charge is 2.51. The molecule has 0 saturated heterocycles. The van der Waals surface area contributed by atoms with Gasteiger partial charge >= 0.3 is 12.1 Å². The quantitative estimate of drug-likeness (QED) is 0.494. The van der Waals surface area contributed by atoms with Crippen molar-refractivity contribution in [1.82, 2.24) is 24.4 Å². The third kappa shape index (κ3) is 5.55. The molecule has 34 heavy (non-hydrogen) atoms. The Morgan fingerprint density at radius 2 is 1.94 bits per heavy atom. The van der Waals surface area contributed by atoms with E-state index in [0.29, 0.717) is 22.8 Å². The molecule has 3 N–H and O–H groups in total. The van der Waals surface area contributed by atoms with Crippen LogP contribution in [-0.4, -0.2) is 78.1 Å². The van der Waals surface area contributed by atoms with Crippen LogP contribution in [0.2, 0.25) is 5.28 Å². The maximum Gasteiger partial charge on any atom is 0.471 e. The molecule has 1 aliphatic rings. The van der Waals surface area contributed by atoms with Crippen LogP contribution in [0.25, 0.3) is 11.2 Å². The fourth-order valence-electron chi connectivity index (χ4n) is 4.20. The highest BCUT2D eigenvalue weighted by atomic mass is 35.5. The van der Waals surface area contributed by atoms with Crippen LogP contribution in [0.1, 0.15) is 53.0 Å². The lowest BCUT2D eigenvalue weighted by molar-refractivity contribution is -0.190. The fourth-order valence-corrected chi connectivity index (χ4v) is 4.37. The number of halogens is 4. The van der Waals surface area contributed by atoms with Crippen molar-refractivity contribution in [2.45, 2.75) is 77.4 Å². The van der Waals surface area contributed by atoms with Crippen molar-refractivity contribution >= 4 is 34.5 Å². The Kier molecular flexibility index (Phi) is 7.63. The van der Waals surface area contributed by atoms with E-state index in [9.17, 15) is 28.2 Å². The Labute approximate surface area is 200 Å². The smallest absolute Gasteiger partial charge is 0.388 e. The van der Waals surface area contributed by atoms with Crippen LogP contribution in [0.3, 0.4) is 0 Å². The molecule has 190 valence electrons. The molecular formula is C21H30ClF3N6O3. The number of carbonyl (C=O) groups is 1. The number of imidazole rings is 1. The van der Waals surface area contributed by atoms with Crippen LogP contribution in [-0.2, 0) is 4.79 Å².